The Bertz CT molecular complexity index is 728. The highest BCUT2D eigenvalue weighted by Crippen LogP contribution is 2.22. The van der Waals surface area contributed by atoms with Gasteiger partial charge in [-0.05, 0) is 19.1 Å². The number of likely N-dealkylation sites (tertiary alicyclic amines) is 1. The third-order valence-electron chi connectivity index (χ3n) is 4.09. The summed E-state index contributed by atoms with van der Waals surface area (Å²) in [6.07, 6.45) is 1.94. The second kappa shape index (κ2) is 6.82. The van der Waals surface area contributed by atoms with Crippen LogP contribution in [-0.4, -0.2) is 45.3 Å². The normalized spacial score (nSPS) is 17.3. The number of aromatic nitrogens is 2. The first-order chi connectivity index (χ1) is 11.5. The summed E-state index contributed by atoms with van der Waals surface area (Å²) in [7, 11) is 1.72. The predicted octanol–water partition coefficient (Wildman–Crippen LogP) is 1.39. The van der Waals surface area contributed by atoms with Gasteiger partial charge in [-0.3, -0.25) is 14.6 Å². The van der Waals surface area contributed by atoms with Gasteiger partial charge >= 0.3 is 0 Å². The molecule has 1 fully saturated rings. The average Bonchev–Trinajstić information content (AvgIpc) is 3.14. The Hall–Kier alpha value is -2.70. The first kappa shape index (κ1) is 16.2. The Kier molecular flexibility index (Phi) is 4.59. The molecule has 1 saturated heterocycles. The Morgan fingerprint density at radius 1 is 1.42 bits per heavy atom. The fourth-order valence-electron chi connectivity index (χ4n) is 2.90. The van der Waals surface area contributed by atoms with Gasteiger partial charge in [-0.2, -0.15) is 0 Å². The van der Waals surface area contributed by atoms with Crippen molar-refractivity contribution < 1.29 is 14.1 Å². The van der Waals surface area contributed by atoms with Crippen molar-refractivity contribution in [3.63, 3.8) is 0 Å². The average molecular weight is 328 g/mol. The van der Waals surface area contributed by atoms with Gasteiger partial charge in [0.15, 0.2) is 0 Å². The summed E-state index contributed by atoms with van der Waals surface area (Å²) in [6.45, 7) is 3.05. The lowest BCUT2D eigenvalue weighted by Gasteiger charge is -2.20. The van der Waals surface area contributed by atoms with Crippen LogP contribution in [0.2, 0.25) is 0 Å². The summed E-state index contributed by atoms with van der Waals surface area (Å²) in [5.41, 5.74) is 1.53. The first-order valence-corrected chi connectivity index (χ1v) is 7.88. The van der Waals surface area contributed by atoms with Crippen LogP contribution in [0, 0.1) is 12.8 Å². The highest BCUT2D eigenvalue weighted by atomic mass is 16.5. The molecule has 0 spiro atoms. The minimum absolute atomic E-state index is 0.00955. The molecule has 126 valence electrons. The Morgan fingerprint density at radius 2 is 2.25 bits per heavy atom. The second-order valence-electron chi connectivity index (χ2n) is 6.12. The molecule has 3 heterocycles. The van der Waals surface area contributed by atoms with E-state index in [4.69, 9.17) is 4.52 Å². The molecule has 0 unspecified atom stereocenters. The number of rotatable bonds is 5. The monoisotopic (exact) mass is 328 g/mol. The van der Waals surface area contributed by atoms with Crippen molar-refractivity contribution in [2.24, 2.45) is 5.92 Å². The summed E-state index contributed by atoms with van der Waals surface area (Å²) in [6, 6.07) is 7.40. The summed E-state index contributed by atoms with van der Waals surface area (Å²) in [4.78, 5) is 32.3. The summed E-state index contributed by atoms with van der Waals surface area (Å²) in [5, 5.41) is 3.90. The molecule has 2 aromatic heterocycles. The standard InChI is InChI=1S/C17H20N4O3/c1-12-7-15(19-24-12)10-20(2)17(23)13-8-16(22)21(9-13)11-14-5-3-4-6-18-14/h3-7,13H,8-11H2,1-2H3/t13-/m1/s1. The molecule has 1 aliphatic rings. The van der Waals surface area contributed by atoms with Crippen LogP contribution < -0.4 is 0 Å². The van der Waals surface area contributed by atoms with Crippen molar-refractivity contribution in [1.82, 2.24) is 19.9 Å². The Balaban J connectivity index is 1.59. The molecule has 0 aliphatic carbocycles. The molecule has 3 rings (SSSR count). The molecule has 0 aromatic carbocycles. The van der Waals surface area contributed by atoms with Crippen LogP contribution >= 0.6 is 0 Å². The van der Waals surface area contributed by atoms with Crippen LogP contribution in [0.15, 0.2) is 35.0 Å². The van der Waals surface area contributed by atoms with Gasteiger partial charge < -0.3 is 14.3 Å². The number of carbonyl (C=O) groups excluding carboxylic acids is 2. The van der Waals surface area contributed by atoms with Gasteiger partial charge in [0.25, 0.3) is 0 Å². The van der Waals surface area contributed by atoms with Crippen molar-refractivity contribution in [2.45, 2.75) is 26.4 Å². The lowest BCUT2D eigenvalue weighted by Crippen LogP contribution is -2.34. The molecule has 1 atom stereocenters. The van der Waals surface area contributed by atoms with E-state index in [1.54, 1.807) is 29.1 Å². The van der Waals surface area contributed by atoms with Crippen LogP contribution in [-0.2, 0) is 22.7 Å². The third kappa shape index (κ3) is 3.61. The van der Waals surface area contributed by atoms with Crippen LogP contribution in [0.1, 0.15) is 23.6 Å². The molecule has 0 N–H and O–H groups in total. The van der Waals surface area contributed by atoms with E-state index in [0.29, 0.717) is 31.1 Å². The molecule has 0 saturated carbocycles. The lowest BCUT2D eigenvalue weighted by molar-refractivity contribution is -0.135. The minimum atomic E-state index is -0.320. The highest BCUT2D eigenvalue weighted by Gasteiger charge is 2.35. The number of amides is 2. The molecule has 24 heavy (non-hydrogen) atoms. The molecule has 2 aromatic rings. The maximum absolute atomic E-state index is 12.6. The van der Waals surface area contributed by atoms with Crippen molar-refractivity contribution in [3.8, 4) is 0 Å². The maximum atomic E-state index is 12.6. The molecule has 7 nitrogen and oxygen atoms in total. The number of carbonyl (C=O) groups is 2. The van der Waals surface area contributed by atoms with Crippen LogP contribution in [0.4, 0.5) is 0 Å². The van der Waals surface area contributed by atoms with Gasteiger partial charge in [-0.15, -0.1) is 0 Å². The first-order valence-electron chi connectivity index (χ1n) is 7.88. The quantitative estimate of drug-likeness (QED) is 0.828. The molecule has 2 amide bonds. The Labute approximate surface area is 140 Å². The largest absolute Gasteiger partial charge is 0.361 e. The van der Waals surface area contributed by atoms with Crippen LogP contribution in [0.3, 0.4) is 0 Å². The van der Waals surface area contributed by atoms with Gasteiger partial charge in [-0.25, -0.2) is 0 Å². The van der Waals surface area contributed by atoms with E-state index in [-0.39, 0.29) is 24.2 Å². The van der Waals surface area contributed by atoms with E-state index in [2.05, 4.69) is 10.1 Å². The van der Waals surface area contributed by atoms with Crippen molar-refractivity contribution in [3.05, 3.63) is 47.6 Å². The summed E-state index contributed by atoms with van der Waals surface area (Å²) < 4.78 is 5.01. The van der Waals surface area contributed by atoms with E-state index < -0.39 is 0 Å². The zero-order chi connectivity index (χ0) is 17.1. The third-order valence-corrected chi connectivity index (χ3v) is 4.09. The van der Waals surface area contributed by atoms with E-state index in [1.165, 1.54) is 0 Å². The molecular weight excluding hydrogens is 308 g/mol. The molecule has 0 bridgehead atoms. The minimum Gasteiger partial charge on any atom is -0.361 e. The SMILES string of the molecule is Cc1cc(CN(C)C(=O)[C@@H]2CC(=O)N(Cc3ccccn3)C2)no1. The van der Waals surface area contributed by atoms with Crippen molar-refractivity contribution in [2.75, 3.05) is 13.6 Å². The van der Waals surface area contributed by atoms with E-state index in [0.717, 1.165) is 5.69 Å². The number of nitrogens with zero attached hydrogens (tertiary/aromatic N) is 4. The van der Waals surface area contributed by atoms with E-state index in [9.17, 15) is 9.59 Å². The molecule has 0 radical (unpaired) electrons. The second-order valence-corrected chi connectivity index (χ2v) is 6.12. The van der Waals surface area contributed by atoms with Gasteiger partial charge in [0.2, 0.25) is 11.8 Å². The molecular formula is C17H20N4O3. The van der Waals surface area contributed by atoms with Gasteiger partial charge in [0, 0.05) is 32.3 Å². The number of pyridine rings is 1. The molecule has 7 heteroatoms. The summed E-state index contributed by atoms with van der Waals surface area (Å²) in [5.74, 6) is 0.333. The van der Waals surface area contributed by atoms with E-state index in [1.807, 2.05) is 25.1 Å². The van der Waals surface area contributed by atoms with E-state index >= 15 is 0 Å². The number of hydrogen-bond acceptors (Lipinski definition) is 5. The number of aryl methyl sites for hydroxylation is 1. The van der Waals surface area contributed by atoms with Crippen LogP contribution in [0.25, 0.3) is 0 Å². The van der Waals surface area contributed by atoms with Crippen LogP contribution in [0.5, 0.6) is 0 Å². The highest BCUT2D eigenvalue weighted by molar-refractivity contribution is 5.89. The predicted molar refractivity (Wildman–Crippen MR) is 85.5 cm³/mol. The fourth-order valence-corrected chi connectivity index (χ4v) is 2.90. The van der Waals surface area contributed by atoms with Crippen molar-refractivity contribution in [1.29, 1.82) is 0 Å². The van der Waals surface area contributed by atoms with Gasteiger partial charge in [-0.1, -0.05) is 11.2 Å². The zero-order valence-electron chi connectivity index (χ0n) is 13.8. The molecule has 1 aliphatic heterocycles. The smallest absolute Gasteiger partial charge is 0.228 e. The van der Waals surface area contributed by atoms with Gasteiger partial charge in [0.05, 0.1) is 24.7 Å². The van der Waals surface area contributed by atoms with Gasteiger partial charge in [0.1, 0.15) is 11.5 Å². The van der Waals surface area contributed by atoms with Crippen molar-refractivity contribution >= 4 is 11.8 Å². The fraction of sp³-hybridized carbons (Fsp3) is 0.412. The maximum Gasteiger partial charge on any atom is 0.228 e. The number of hydrogen-bond donors (Lipinski definition) is 0. The lowest BCUT2D eigenvalue weighted by atomic mass is 10.1. The summed E-state index contributed by atoms with van der Waals surface area (Å²) >= 11 is 0. The topological polar surface area (TPSA) is 79.5 Å². The Morgan fingerprint density at radius 3 is 2.92 bits per heavy atom. The zero-order valence-corrected chi connectivity index (χ0v) is 13.8.